The molecule has 4 heteroatoms. The van der Waals surface area contributed by atoms with Crippen LogP contribution < -0.4 is 5.32 Å². The highest BCUT2D eigenvalue weighted by atomic mass is 35.5. The Bertz CT molecular complexity index is 452. The Balaban J connectivity index is 2.88. The number of aromatic nitrogens is 1. The number of hydrogen-bond acceptors (Lipinski definition) is 2. The van der Waals surface area contributed by atoms with E-state index in [2.05, 4.69) is 31.1 Å². The van der Waals surface area contributed by atoms with E-state index in [0.717, 1.165) is 17.8 Å². The van der Waals surface area contributed by atoms with Crippen molar-refractivity contribution in [3.63, 3.8) is 0 Å². The minimum Gasteiger partial charge on any atom is -0.349 e. The van der Waals surface area contributed by atoms with Crippen LogP contribution in [0.5, 0.6) is 0 Å². The summed E-state index contributed by atoms with van der Waals surface area (Å²) in [5, 5.41) is 3.07. The Hall–Kier alpha value is -1.09. The van der Waals surface area contributed by atoms with Gasteiger partial charge < -0.3 is 5.32 Å². The predicted octanol–water partition coefficient (Wildman–Crippen LogP) is 3.47. The van der Waals surface area contributed by atoms with Gasteiger partial charge in [-0.05, 0) is 37.8 Å². The maximum atomic E-state index is 12.3. The summed E-state index contributed by atoms with van der Waals surface area (Å²) in [6.07, 6.45) is 0.759. The number of aryl methyl sites for hydroxylation is 2. The molecule has 1 aromatic rings. The zero-order valence-corrected chi connectivity index (χ0v) is 13.1. The maximum absolute atomic E-state index is 12.3. The standard InChI is InChI=1S/C15H23ClN2O/c1-10-6-7-12(11(2)17-10)14(19)18-13(8-9-16)15(3,4)5/h6-7,13H,8-9H2,1-5H3,(H,18,19). The molecule has 19 heavy (non-hydrogen) atoms. The molecule has 0 aliphatic rings. The third-order valence-electron chi connectivity index (χ3n) is 3.22. The Kier molecular flexibility index (Phi) is 5.36. The lowest BCUT2D eigenvalue weighted by molar-refractivity contribution is 0.0899. The van der Waals surface area contributed by atoms with Crippen LogP contribution in [0.4, 0.5) is 0 Å². The zero-order valence-electron chi connectivity index (χ0n) is 12.4. The largest absolute Gasteiger partial charge is 0.349 e. The third kappa shape index (κ3) is 4.50. The first kappa shape index (κ1) is 16.0. The SMILES string of the molecule is Cc1ccc(C(=O)NC(CCCl)C(C)(C)C)c(C)n1. The number of halogens is 1. The molecule has 1 amide bonds. The monoisotopic (exact) mass is 282 g/mol. The van der Waals surface area contributed by atoms with E-state index in [9.17, 15) is 4.79 Å². The van der Waals surface area contributed by atoms with Gasteiger partial charge in [0.1, 0.15) is 0 Å². The second-order valence-electron chi connectivity index (χ2n) is 5.96. The number of alkyl halides is 1. The summed E-state index contributed by atoms with van der Waals surface area (Å²) in [4.78, 5) is 16.6. The third-order valence-corrected chi connectivity index (χ3v) is 3.44. The lowest BCUT2D eigenvalue weighted by Gasteiger charge is -2.31. The molecular formula is C15H23ClN2O. The highest BCUT2D eigenvalue weighted by Gasteiger charge is 2.26. The van der Waals surface area contributed by atoms with Gasteiger partial charge in [0.2, 0.25) is 0 Å². The normalized spacial score (nSPS) is 13.2. The van der Waals surface area contributed by atoms with Crippen LogP contribution >= 0.6 is 11.6 Å². The molecule has 0 aliphatic heterocycles. The van der Waals surface area contributed by atoms with Crippen LogP contribution in [-0.4, -0.2) is 22.8 Å². The lowest BCUT2D eigenvalue weighted by Crippen LogP contribution is -2.44. The van der Waals surface area contributed by atoms with Crippen LogP contribution in [0.2, 0.25) is 0 Å². The van der Waals surface area contributed by atoms with Crippen LogP contribution in [0, 0.1) is 19.3 Å². The van der Waals surface area contributed by atoms with E-state index in [4.69, 9.17) is 11.6 Å². The first-order chi connectivity index (χ1) is 8.75. The van der Waals surface area contributed by atoms with Crippen molar-refractivity contribution in [1.82, 2.24) is 10.3 Å². The number of pyridine rings is 1. The van der Waals surface area contributed by atoms with Crippen molar-refractivity contribution in [3.05, 3.63) is 29.1 Å². The fourth-order valence-electron chi connectivity index (χ4n) is 1.99. The second-order valence-corrected chi connectivity index (χ2v) is 6.33. The van der Waals surface area contributed by atoms with Crippen LogP contribution in [0.1, 0.15) is 48.9 Å². The Morgan fingerprint density at radius 3 is 2.47 bits per heavy atom. The molecule has 1 aromatic heterocycles. The molecule has 0 bridgehead atoms. The van der Waals surface area contributed by atoms with Crippen molar-refractivity contribution in [2.75, 3.05) is 5.88 Å². The van der Waals surface area contributed by atoms with Gasteiger partial charge in [0, 0.05) is 17.6 Å². The minimum atomic E-state index is -0.0740. The van der Waals surface area contributed by atoms with Gasteiger partial charge in [-0.25, -0.2) is 0 Å². The number of carbonyl (C=O) groups excluding carboxylic acids is 1. The van der Waals surface area contributed by atoms with Crippen molar-refractivity contribution in [1.29, 1.82) is 0 Å². The molecule has 3 nitrogen and oxygen atoms in total. The van der Waals surface area contributed by atoms with Crippen molar-refractivity contribution in [2.24, 2.45) is 5.41 Å². The molecule has 0 spiro atoms. The Labute approximate surface area is 120 Å². The molecular weight excluding hydrogens is 260 g/mol. The summed E-state index contributed by atoms with van der Waals surface area (Å²) in [6, 6.07) is 3.74. The molecule has 106 valence electrons. The molecule has 1 unspecified atom stereocenters. The van der Waals surface area contributed by atoms with Gasteiger partial charge >= 0.3 is 0 Å². The van der Waals surface area contributed by atoms with Gasteiger partial charge in [-0.2, -0.15) is 0 Å². The molecule has 1 atom stereocenters. The van der Waals surface area contributed by atoms with Crippen LogP contribution in [0.25, 0.3) is 0 Å². The molecule has 0 aromatic carbocycles. The first-order valence-electron chi connectivity index (χ1n) is 6.56. The topological polar surface area (TPSA) is 42.0 Å². The lowest BCUT2D eigenvalue weighted by atomic mass is 9.85. The van der Waals surface area contributed by atoms with E-state index >= 15 is 0 Å². The quantitative estimate of drug-likeness (QED) is 0.859. The molecule has 0 radical (unpaired) electrons. The van der Waals surface area contributed by atoms with Crippen LogP contribution in [0.15, 0.2) is 12.1 Å². The van der Waals surface area contributed by atoms with Gasteiger partial charge in [-0.15, -0.1) is 11.6 Å². The van der Waals surface area contributed by atoms with Gasteiger partial charge in [0.05, 0.1) is 11.3 Å². The van der Waals surface area contributed by atoms with E-state index in [1.54, 1.807) is 0 Å². The number of hydrogen-bond donors (Lipinski definition) is 1. The van der Waals surface area contributed by atoms with Gasteiger partial charge in [-0.3, -0.25) is 9.78 Å². The van der Waals surface area contributed by atoms with Gasteiger partial charge in [0.15, 0.2) is 0 Å². The fraction of sp³-hybridized carbons (Fsp3) is 0.600. The average molecular weight is 283 g/mol. The van der Waals surface area contributed by atoms with Crippen molar-refractivity contribution < 1.29 is 4.79 Å². The average Bonchev–Trinajstić information content (AvgIpc) is 2.26. The number of rotatable bonds is 4. The summed E-state index contributed by atoms with van der Waals surface area (Å²) in [7, 11) is 0. The van der Waals surface area contributed by atoms with E-state index < -0.39 is 0 Å². The summed E-state index contributed by atoms with van der Waals surface area (Å²) in [6.45, 7) is 10.1. The van der Waals surface area contributed by atoms with E-state index in [0.29, 0.717) is 11.4 Å². The van der Waals surface area contributed by atoms with E-state index in [1.807, 2.05) is 26.0 Å². The fourth-order valence-corrected chi connectivity index (χ4v) is 2.21. The molecule has 0 aliphatic carbocycles. The molecule has 0 saturated carbocycles. The molecule has 0 saturated heterocycles. The van der Waals surface area contributed by atoms with Crippen molar-refractivity contribution in [2.45, 2.75) is 47.1 Å². The summed E-state index contributed by atoms with van der Waals surface area (Å²) < 4.78 is 0. The van der Waals surface area contributed by atoms with Gasteiger partial charge in [-0.1, -0.05) is 20.8 Å². The Morgan fingerprint density at radius 2 is 2.00 bits per heavy atom. The summed E-state index contributed by atoms with van der Waals surface area (Å²) >= 11 is 5.82. The molecule has 1 N–H and O–H groups in total. The second kappa shape index (κ2) is 6.38. The number of nitrogens with one attached hydrogen (secondary N) is 1. The predicted molar refractivity (Wildman–Crippen MR) is 79.8 cm³/mol. The minimum absolute atomic E-state index is 0.0173. The van der Waals surface area contributed by atoms with Gasteiger partial charge in [0.25, 0.3) is 5.91 Å². The van der Waals surface area contributed by atoms with Crippen LogP contribution in [0.3, 0.4) is 0 Å². The van der Waals surface area contributed by atoms with Crippen molar-refractivity contribution in [3.8, 4) is 0 Å². The van der Waals surface area contributed by atoms with E-state index in [-0.39, 0.29) is 17.4 Å². The Morgan fingerprint density at radius 1 is 1.37 bits per heavy atom. The highest BCUT2D eigenvalue weighted by Crippen LogP contribution is 2.22. The number of nitrogens with zero attached hydrogens (tertiary/aromatic N) is 1. The molecule has 1 heterocycles. The summed E-state index contributed by atoms with van der Waals surface area (Å²) in [5.41, 5.74) is 2.30. The zero-order chi connectivity index (χ0) is 14.6. The first-order valence-corrected chi connectivity index (χ1v) is 7.10. The maximum Gasteiger partial charge on any atom is 0.253 e. The molecule has 1 rings (SSSR count). The highest BCUT2D eigenvalue weighted by molar-refractivity contribution is 6.17. The van der Waals surface area contributed by atoms with Crippen molar-refractivity contribution >= 4 is 17.5 Å². The number of amides is 1. The number of carbonyl (C=O) groups is 1. The summed E-state index contributed by atoms with van der Waals surface area (Å²) in [5.74, 6) is 0.461. The molecule has 0 fully saturated rings. The smallest absolute Gasteiger partial charge is 0.253 e. The van der Waals surface area contributed by atoms with Crippen LogP contribution in [-0.2, 0) is 0 Å². The van der Waals surface area contributed by atoms with E-state index in [1.165, 1.54) is 0 Å².